The summed E-state index contributed by atoms with van der Waals surface area (Å²) < 4.78 is 156. The van der Waals surface area contributed by atoms with Crippen molar-refractivity contribution in [2.24, 2.45) is 0 Å². The Hall–Kier alpha value is -1.87. The molecule has 0 aromatic heterocycles. The molecule has 1 heterocycles. The van der Waals surface area contributed by atoms with E-state index in [1.165, 1.54) is 24.3 Å². The highest BCUT2D eigenvalue weighted by atomic mass is 32.3. The minimum absolute atomic E-state index is 0.0460. The third-order valence-electron chi connectivity index (χ3n) is 5.55. The van der Waals surface area contributed by atoms with Crippen LogP contribution in [0.1, 0.15) is 26.2 Å². The Labute approximate surface area is 202 Å². The second-order valence-corrected chi connectivity index (χ2v) is 12.9. The summed E-state index contributed by atoms with van der Waals surface area (Å²) in [4.78, 5) is 0.0460. The smallest absolute Gasteiger partial charge is 0.460 e. The highest BCUT2D eigenvalue weighted by Gasteiger charge is 2.86. The van der Waals surface area contributed by atoms with Crippen LogP contribution in [0.4, 0.5) is 39.5 Å². The van der Waals surface area contributed by atoms with E-state index in [0.717, 1.165) is 0 Å². The van der Waals surface area contributed by atoms with Crippen LogP contribution in [0.15, 0.2) is 41.3 Å². The molecule has 0 spiro atoms. The molecule has 0 aliphatic carbocycles. The maximum atomic E-state index is 14.4. The van der Waals surface area contributed by atoms with Crippen LogP contribution in [0.3, 0.4) is 0 Å². The first-order chi connectivity index (χ1) is 16.5. The minimum Gasteiger partial charge on any atom is -0.493 e. The highest BCUT2D eigenvalue weighted by molar-refractivity contribution is 8.33. The van der Waals surface area contributed by atoms with Gasteiger partial charge in [0.2, 0.25) is 0 Å². The fourth-order valence-electron chi connectivity index (χ4n) is 3.74. The Balaban J connectivity index is 2.13. The zero-order valence-electron chi connectivity index (χ0n) is 18.6. The van der Waals surface area contributed by atoms with Gasteiger partial charge in [0.15, 0.2) is 0 Å². The average Bonchev–Trinajstić information content (AvgIpc) is 3.24. The fraction of sp³-hybridized carbons (Fsp3) is 0.524. The van der Waals surface area contributed by atoms with Crippen LogP contribution < -0.4 is 4.74 Å². The molecule has 1 fully saturated rings. The van der Waals surface area contributed by atoms with Crippen molar-refractivity contribution < 1.29 is 56.3 Å². The van der Waals surface area contributed by atoms with Crippen molar-refractivity contribution in [3.05, 3.63) is 36.4 Å². The predicted octanol–water partition coefficient (Wildman–Crippen LogP) is 7.27. The first-order valence-corrected chi connectivity index (χ1v) is 13.8. The molecule has 0 saturated carbocycles. The number of hydrogen-bond acceptors (Lipinski definition) is 4. The van der Waals surface area contributed by atoms with Crippen LogP contribution in [-0.4, -0.2) is 49.8 Å². The van der Waals surface area contributed by atoms with Gasteiger partial charge in [-0.25, -0.2) is 3.63 Å². The van der Waals surface area contributed by atoms with Crippen molar-refractivity contribution in [3.63, 3.8) is 0 Å². The van der Waals surface area contributed by atoms with Crippen LogP contribution >= 0.6 is 10.3 Å². The topological polar surface area (TPSA) is 52.6 Å². The lowest BCUT2D eigenvalue weighted by molar-refractivity contribution is -0.382. The summed E-state index contributed by atoms with van der Waals surface area (Å²) in [5.74, 6) is -14.8. The monoisotopic (exact) mass is 572 g/mol. The van der Waals surface area contributed by atoms with E-state index in [1.807, 2.05) is 6.92 Å². The second kappa shape index (κ2) is 9.46. The van der Waals surface area contributed by atoms with E-state index in [0.29, 0.717) is 24.2 Å². The molecule has 1 aliphatic heterocycles. The Morgan fingerprint density at radius 1 is 0.833 bits per heavy atom. The van der Waals surface area contributed by atoms with Gasteiger partial charge < -0.3 is 4.74 Å². The Morgan fingerprint density at radius 2 is 1.39 bits per heavy atom. The predicted molar refractivity (Wildman–Crippen MR) is 115 cm³/mol. The van der Waals surface area contributed by atoms with E-state index >= 15 is 0 Å². The first kappa shape index (κ1) is 28.7. The van der Waals surface area contributed by atoms with Gasteiger partial charge in [-0.1, -0.05) is 41.5 Å². The molecule has 36 heavy (non-hydrogen) atoms. The first-order valence-electron chi connectivity index (χ1n) is 10.5. The van der Waals surface area contributed by atoms with Gasteiger partial charge in [-0.15, -0.1) is 0 Å². The van der Waals surface area contributed by atoms with Crippen LogP contribution in [0, 0.1) is 0 Å². The third-order valence-corrected chi connectivity index (χ3v) is 11.3. The molecule has 0 bridgehead atoms. The van der Waals surface area contributed by atoms with Gasteiger partial charge in [-0.05, 0) is 36.8 Å². The number of ether oxygens (including phenoxy) is 1. The molecule has 0 unspecified atom stereocenters. The molecule has 15 heteroatoms. The van der Waals surface area contributed by atoms with Crippen molar-refractivity contribution in [3.8, 4) is 5.75 Å². The Morgan fingerprint density at radius 3 is 1.92 bits per heavy atom. The summed E-state index contributed by atoms with van der Waals surface area (Å²) in [6, 6.07) is 8.90. The summed E-state index contributed by atoms with van der Waals surface area (Å²) in [6.07, 6.45) is -6.09. The molecule has 0 amide bonds. The van der Waals surface area contributed by atoms with E-state index in [2.05, 4.69) is 3.63 Å². The number of halogens is 9. The SMILES string of the molecule is CCCOc1ccc(S2(OS(=O)(=O)C(F)(F)C(F)(F)C(F)(F)C(F)(F)F)CCCC2)c2ccccc12. The molecular formula is C21H21F9O4S2. The Bertz CT molecular complexity index is 1210. The largest absolute Gasteiger partial charge is 0.493 e. The number of alkyl halides is 9. The van der Waals surface area contributed by atoms with Gasteiger partial charge in [0.05, 0.1) is 6.61 Å². The summed E-state index contributed by atoms with van der Waals surface area (Å²) >= 11 is 0. The van der Waals surface area contributed by atoms with Gasteiger partial charge in [-0.3, -0.25) is 0 Å². The fourth-order valence-corrected chi connectivity index (χ4v) is 9.61. The van der Waals surface area contributed by atoms with Gasteiger partial charge in [-0.2, -0.15) is 47.9 Å². The zero-order valence-corrected chi connectivity index (χ0v) is 20.2. The van der Waals surface area contributed by atoms with Gasteiger partial charge in [0.1, 0.15) is 5.75 Å². The normalized spacial score (nSPS) is 18.4. The Kier molecular flexibility index (Phi) is 7.54. The molecule has 0 N–H and O–H groups in total. The number of rotatable bonds is 9. The summed E-state index contributed by atoms with van der Waals surface area (Å²) in [6.45, 7) is 2.14. The molecule has 2 aromatic carbocycles. The molecule has 1 saturated heterocycles. The maximum absolute atomic E-state index is 14.4. The van der Waals surface area contributed by atoms with Gasteiger partial charge >= 0.3 is 33.4 Å². The molecule has 0 atom stereocenters. The molecule has 3 rings (SSSR count). The van der Waals surface area contributed by atoms with Crippen molar-refractivity contribution in [2.45, 2.75) is 54.4 Å². The number of benzene rings is 2. The van der Waals surface area contributed by atoms with Crippen LogP contribution in [0.25, 0.3) is 10.8 Å². The second-order valence-electron chi connectivity index (χ2n) is 8.07. The van der Waals surface area contributed by atoms with Crippen LogP contribution in [-0.2, 0) is 13.7 Å². The quantitative estimate of drug-likeness (QED) is 0.297. The zero-order chi connectivity index (χ0) is 27.2. The number of hydrogen-bond donors (Lipinski definition) is 0. The van der Waals surface area contributed by atoms with Crippen LogP contribution in [0.5, 0.6) is 5.75 Å². The van der Waals surface area contributed by atoms with Crippen LogP contribution in [0.2, 0.25) is 0 Å². The molecular weight excluding hydrogens is 551 g/mol. The standard InChI is InChI=1S/C21H21F9O4S2/c1-2-11-33-16-9-10-17(15-8-4-3-7-14(15)16)35(12-5-6-13-35)34-36(31,32)21(29,30)19(24,25)18(22,23)20(26,27)28/h3-4,7-10H,2,5-6,11-13H2,1H3. The highest BCUT2D eigenvalue weighted by Crippen LogP contribution is 2.66. The molecule has 0 radical (unpaired) electrons. The maximum Gasteiger partial charge on any atom is 0.460 e. The van der Waals surface area contributed by atoms with Gasteiger partial charge in [0.25, 0.3) is 0 Å². The summed E-state index contributed by atoms with van der Waals surface area (Å²) in [7, 11) is -10.4. The van der Waals surface area contributed by atoms with Crippen molar-refractivity contribution in [1.82, 2.24) is 0 Å². The van der Waals surface area contributed by atoms with E-state index in [-0.39, 0.29) is 34.6 Å². The summed E-state index contributed by atoms with van der Waals surface area (Å²) in [5.41, 5.74) is 0. The molecule has 4 nitrogen and oxygen atoms in total. The molecule has 2 aromatic rings. The lowest BCUT2D eigenvalue weighted by Crippen LogP contribution is -2.63. The minimum atomic E-state index is -7.36. The third kappa shape index (κ3) is 4.51. The van der Waals surface area contributed by atoms with Crippen molar-refractivity contribution in [2.75, 3.05) is 18.1 Å². The lowest BCUT2D eigenvalue weighted by atomic mass is 10.1. The lowest BCUT2D eigenvalue weighted by Gasteiger charge is -2.38. The molecule has 204 valence electrons. The van der Waals surface area contributed by atoms with E-state index in [9.17, 15) is 47.9 Å². The van der Waals surface area contributed by atoms with E-state index in [1.54, 1.807) is 12.1 Å². The van der Waals surface area contributed by atoms with E-state index < -0.39 is 43.7 Å². The van der Waals surface area contributed by atoms with Gasteiger partial charge in [0, 0.05) is 21.8 Å². The number of fused-ring (bicyclic) bond motifs is 1. The van der Waals surface area contributed by atoms with Crippen molar-refractivity contribution >= 4 is 31.2 Å². The molecule has 1 aliphatic rings. The van der Waals surface area contributed by atoms with Crippen molar-refractivity contribution in [1.29, 1.82) is 0 Å². The summed E-state index contributed by atoms with van der Waals surface area (Å²) in [5, 5.41) is -6.19. The average molecular weight is 573 g/mol. The van der Waals surface area contributed by atoms with E-state index in [4.69, 9.17) is 4.74 Å².